The molecule has 0 spiro atoms. The zero-order valence-corrected chi connectivity index (χ0v) is 10.6. The van der Waals surface area contributed by atoms with E-state index >= 15 is 0 Å². The van der Waals surface area contributed by atoms with Crippen molar-refractivity contribution in [1.29, 1.82) is 0 Å². The van der Waals surface area contributed by atoms with Gasteiger partial charge in [0, 0.05) is 6.61 Å². The first-order chi connectivity index (χ1) is 7.59. The van der Waals surface area contributed by atoms with Crippen molar-refractivity contribution >= 4 is 22.3 Å². The maximum atomic E-state index is 11.5. The fourth-order valence-electron chi connectivity index (χ4n) is 1.97. The van der Waals surface area contributed by atoms with E-state index in [0.29, 0.717) is 0 Å². The summed E-state index contributed by atoms with van der Waals surface area (Å²) in [6.45, 7) is 6.28. The van der Waals surface area contributed by atoms with Gasteiger partial charge in [0.25, 0.3) is 0 Å². The largest absolute Gasteiger partial charge is 0.376 e. The second-order valence-corrected chi connectivity index (χ2v) is 4.92. The molecule has 4 nitrogen and oxygen atoms in total. The molecule has 1 aromatic heterocycles. The second kappa shape index (κ2) is 4.51. The van der Waals surface area contributed by atoms with Crippen molar-refractivity contribution in [2.45, 2.75) is 39.3 Å². The molecule has 88 valence electrons. The van der Waals surface area contributed by atoms with Gasteiger partial charge in [-0.25, -0.2) is 0 Å². The monoisotopic (exact) mass is 240 g/mol. The van der Waals surface area contributed by atoms with E-state index in [1.54, 1.807) is 6.92 Å². The molecule has 1 aliphatic rings. The van der Waals surface area contributed by atoms with Gasteiger partial charge >= 0.3 is 0 Å². The van der Waals surface area contributed by atoms with Crippen LogP contribution < -0.4 is 5.32 Å². The van der Waals surface area contributed by atoms with Crippen LogP contribution in [0.3, 0.4) is 0 Å². The molecule has 5 heteroatoms. The minimum absolute atomic E-state index is 0.0697. The summed E-state index contributed by atoms with van der Waals surface area (Å²) in [4.78, 5) is 11.5. The molecule has 2 heterocycles. The van der Waals surface area contributed by atoms with Gasteiger partial charge in [-0.15, -0.1) is 0 Å². The van der Waals surface area contributed by atoms with Crippen LogP contribution in [0, 0.1) is 6.92 Å². The number of rotatable bonds is 3. The zero-order valence-electron chi connectivity index (χ0n) is 9.74. The molecule has 1 saturated heterocycles. The quantitative estimate of drug-likeness (QED) is 0.823. The molecule has 1 N–H and O–H groups in total. The van der Waals surface area contributed by atoms with Crippen LogP contribution in [0.15, 0.2) is 0 Å². The van der Waals surface area contributed by atoms with E-state index in [1.165, 1.54) is 11.5 Å². The summed E-state index contributed by atoms with van der Waals surface area (Å²) in [6.07, 6.45) is 1.18. The van der Waals surface area contributed by atoms with Crippen LogP contribution in [0.4, 0.5) is 5.00 Å². The third-order valence-corrected chi connectivity index (χ3v) is 3.78. The van der Waals surface area contributed by atoms with Crippen molar-refractivity contribution in [2.75, 3.05) is 11.9 Å². The lowest BCUT2D eigenvalue weighted by atomic mass is 10.1. The minimum Gasteiger partial charge on any atom is -0.376 e. The smallest absolute Gasteiger partial charge is 0.164 e. The lowest BCUT2D eigenvalue weighted by Crippen LogP contribution is -2.26. The Balaban J connectivity index is 2.18. The summed E-state index contributed by atoms with van der Waals surface area (Å²) < 4.78 is 9.70. The van der Waals surface area contributed by atoms with Crippen LogP contribution in [0.1, 0.15) is 36.3 Å². The molecule has 1 fully saturated rings. The summed E-state index contributed by atoms with van der Waals surface area (Å²) in [5.74, 6) is 0.0697. The first-order valence-corrected chi connectivity index (χ1v) is 6.22. The van der Waals surface area contributed by atoms with Gasteiger partial charge < -0.3 is 10.1 Å². The number of ketones is 1. The number of anilines is 1. The van der Waals surface area contributed by atoms with Gasteiger partial charge in [0.2, 0.25) is 0 Å². The van der Waals surface area contributed by atoms with E-state index in [2.05, 4.69) is 9.69 Å². The van der Waals surface area contributed by atoms with Crippen LogP contribution in [0.25, 0.3) is 0 Å². The van der Waals surface area contributed by atoms with E-state index in [9.17, 15) is 4.79 Å². The third kappa shape index (κ3) is 2.10. The van der Waals surface area contributed by atoms with Crippen LogP contribution in [-0.2, 0) is 4.74 Å². The number of carbonyl (C=O) groups is 1. The molecule has 2 rings (SSSR count). The fourth-order valence-corrected chi connectivity index (χ4v) is 2.88. The van der Waals surface area contributed by atoms with Gasteiger partial charge in [0.1, 0.15) is 5.00 Å². The van der Waals surface area contributed by atoms with Crippen molar-refractivity contribution < 1.29 is 9.53 Å². The maximum absolute atomic E-state index is 11.5. The lowest BCUT2D eigenvalue weighted by Gasteiger charge is -2.16. The highest BCUT2D eigenvalue weighted by Crippen LogP contribution is 2.28. The number of hydrogen-bond acceptors (Lipinski definition) is 5. The normalized spacial score (nSPS) is 24.7. The number of aromatic nitrogens is 1. The van der Waals surface area contributed by atoms with Crippen molar-refractivity contribution in [2.24, 2.45) is 0 Å². The van der Waals surface area contributed by atoms with Crippen molar-refractivity contribution in [3.05, 3.63) is 11.3 Å². The molecule has 0 aliphatic carbocycles. The van der Waals surface area contributed by atoms with Gasteiger partial charge in [-0.05, 0) is 38.7 Å². The Kier molecular flexibility index (Phi) is 3.25. The number of nitrogens with zero attached hydrogens (tertiary/aromatic N) is 1. The first kappa shape index (κ1) is 11.5. The number of carbonyl (C=O) groups excluding carboxylic acids is 1. The average Bonchev–Trinajstić information content (AvgIpc) is 2.75. The number of aryl methyl sites for hydroxylation is 1. The third-order valence-electron chi connectivity index (χ3n) is 2.91. The molecular formula is C11H16N2O2S. The fraction of sp³-hybridized carbons (Fsp3) is 0.636. The topological polar surface area (TPSA) is 51.2 Å². The van der Waals surface area contributed by atoms with Crippen molar-refractivity contribution in [3.8, 4) is 0 Å². The summed E-state index contributed by atoms with van der Waals surface area (Å²) in [5, 5.41) is 4.25. The molecule has 0 radical (unpaired) electrons. The Morgan fingerprint density at radius 2 is 2.38 bits per heavy atom. The van der Waals surface area contributed by atoms with Crippen molar-refractivity contribution in [3.63, 3.8) is 0 Å². The van der Waals surface area contributed by atoms with Crippen molar-refractivity contribution in [1.82, 2.24) is 4.37 Å². The lowest BCUT2D eigenvalue weighted by molar-refractivity contribution is 0.101. The molecule has 16 heavy (non-hydrogen) atoms. The molecule has 1 aliphatic heterocycles. The van der Waals surface area contributed by atoms with Gasteiger partial charge in [-0.2, -0.15) is 4.37 Å². The minimum atomic E-state index is 0.0697. The summed E-state index contributed by atoms with van der Waals surface area (Å²) in [6, 6.07) is 0.290. The predicted molar refractivity (Wildman–Crippen MR) is 64.3 cm³/mol. The molecule has 2 unspecified atom stereocenters. The number of Topliss-reactive ketones (excluding diaryl/α,β-unsaturated/α-hetero) is 1. The number of ether oxygens (including phenoxy) is 1. The molecule has 0 bridgehead atoms. The molecule has 0 saturated carbocycles. The Morgan fingerprint density at radius 1 is 1.62 bits per heavy atom. The molecule has 0 amide bonds. The first-order valence-electron chi connectivity index (χ1n) is 5.45. The van der Waals surface area contributed by atoms with Crippen LogP contribution in [-0.4, -0.2) is 28.9 Å². The van der Waals surface area contributed by atoms with E-state index < -0.39 is 0 Å². The standard InChI is InChI=1S/C11H16N2O2S/c1-6-10(7(2)14)11(16-13-6)12-9-4-5-15-8(9)3/h8-9,12H,4-5H2,1-3H3. The van der Waals surface area contributed by atoms with E-state index in [0.717, 1.165) is 29.3 Å². The summed E-state index contributed by atoms with van der Waals surface area (Å²) >= 11 is 1.36. The second-order valence-electron chi connectivity index (χ2n) is 4.14. The molecule has 1 aromatic rings. The highest BCUT2D eigenvalue weighted by Gasteiger charge is 2.26. The summed E-state index contributed by atoms with van der Waals surface area (Å²) in [7, 11) is 0. The SMILES string of the molecule is CC(=O)c1c(C)nsc1NC1CCOC1C. The Labute approximate surface area is 99.2 Å². The van der Waals surface area contributed by atoms with Gasteiger partial charge in [-0.1, -0.05) is 0 Å². The van der Waals surface area contributed by atoms with E-state index in [1.807, 2.05) is 13.8 Å². The van der Waals surface area contributed by atoms with Crippen LogP contribution >= 0.6 is 11.5 Å². The van der Waals surface area contributed by atoms with Crippen LogP contribution in [0.5, 0.6) is 0 Å². The maximum Gasteiger partial charge on any atom is 0.164 e. The Morgan fingerprint density at radius 3 is 2.94 bits per heavy atom. The number of nitrogens with one attached hydrogen (secondary N) is 1. The molecular weight excluding hydrogens is 224 g/mol. The molecule has 0 aromatic carbocycles. The summed E-state index contributed by atoms with van der Waals surface area (Å²) in [5.41, 5.74) is 1.54. The van der Waals surface area contributed by atoms with Gasteiger partial charge in [-0.3, -0.25) is 4.79 Å². The average molecular weight is 240 g/mol. The van der Waals surface area contributed by atoms with Gasteiger partial charge in [0.15, 0.2) is 5.78 Å². The zero-order chi connectivity index (χ0) is 11.7. The van der Waals surface area contributed by atoms with E-state index in [4.69, 9.17) is 4.74 Å². The predicted octanol–water partition coefficient (Wildman–Crippen LogP) is 2.24. The van der Waals surface area contributed by atoms with Crippen LogP contribution in [0.2, 0.25) is 0 Å². The Bertz CT molecular complexity index is 403. The highest BCUT2D eigenvalue weighted by molar-refractivity contribution is 7.10. The Hall–Kier alpha value is -0.940. The van der Waals surface area contributed by atoms with Gasteiger partial charge in [0.05, 0.1) is 23.4 Å². The number of hydrogen-bond donors (Lipinski definition) is 1. The highest BCUT2D eigenvalue weighted by atomic mass is 32.1. The van der Waals surface area contributed by atoms with E-state index in [-0.39, 0.29) is 17.9 Å². The molecule has 2 atom stereocenters.